The first-order valence-electron chi connectivity index (χ1n) is 10.5. The molecule has 1 saturated heterocycles. The Hall–Kier alpha value is -1.24. The molecule has 0 aromatic carbocycles. The Bertz CT molecular complexity index is 625. The van der Waals surface area contributed by atoms with Crippen molar-refractivity contribution < 1.29 is 0 Å². The summed E-state index contributed by atoms with van der Waals surface area (Å²) in [6.45, 7) is 4.09. The van der Waals surface area contributed by atoms with Crippen molar-refractivity contribution in [3.63, 3.8) is 0 Å². The maximum Gasteiger partial charge on any atom is 0.152 e. The summed E-state index contributed by atoms with van der Waals surface area (Å²) in [5, 5.41) is 6.97. The maximum absolute atomic E-state index is 6.98. The molecule has 1 aliphatic carbocycles. The standard InChI is InChI=1S/C20H34N6/c1-22-17-8-4-5-10-20(17,21)19-24-16-9-11-23-14-15(16)18(25-19)26-12-6-2-3-7-13-26/h17,22-23H,2-14,21H2,1H3. The minimum absolute atomic E-state index is 0.257. The van der Waals surface area contributed by atoms with E-state index in [1.165, 1.54) is 43.4 Å². The van der Waals surface area contributed by atoms with Gasteiger partial charge < -0.3 is 21.3 Å². The van der Waals surface area contributed by atoms with Gasteiger partial charge in [0.1, 0.15) is 5.82 Å². The van der Waals surface area contributed by atoms with Crippen LogP contribution in [0.3, 0.4) is 0 Å². The van der Waals surface area contributed by atoms with Crippen LogP contribution >= 0.6 is 0 Å². The first-order valence-corrected chi connectivity index (χ1v) is 10.5. The molecular weight excluding hydrogens is 324 g/mol. The molecule has 0 bridgehead atoms. The number of nitrogens with zero attached hydrogens (tertiary/aromatic N) is 3. The molecule has 0 spiro atoms. The van der Waals surface area contributed by atoms with Crippen LogP contribution in [-0.4, -0.2) is 42.7 Å². The van der Waals surface area contributed by atoms with Crippen molar-refractivity contribution in [2.24, 2.45) is 5.73 Å². The Kier molecular flexibility index (Phi) is 5.43. The summed E-state index contributed by atoms with van der Waals surface area (Å²) in [7, 11) is 2.02. The van der Waals surface area contributed by atoms with Crippen molar-refractivity contribution in [3.8, 4) is 0 Å². The van der Waals surface area contributed by atoms with Crippen LogP contribution in [-0.2, 0) is 18.5 Å². The van der Waals surface area contributed by atoms with Gasteiger partial charge in [-0.1, -0.05) is 25.7 Å². The van der Waals surface area contributed by atoms with Gasteiger partial charge in [-0.2, -0.15) is 0 Å². The van der Waals surface area contributed by atoms with Crippen molar-refractivity contribution in [1.29, 1.82) is 0 Å². The SMILES string of the molecule is CNC1CCCCC1(N)c1nc2c(c(N3CCCCCC3)n1)CNCC2. The van der Waals surface area contributed by atoms with E-state index in [0.717, 1.165) is 63.5 Å². The average Bonchev–Trinajstić information content (AvgIpc) is 2.97. The Morgan fingerprint density at radius 3 is 2.69 bits per heavy atom. The molecule has 0 amide bonds. The lowest BCUT2D eigenvalue weighted by molar-refractivity contribution is 0.214. The zero-order valence-electron chi connectivity index (χ0n) is 16.2. The van der Waals surface area contributed by atoms with Gasteiger partial charge in [-0.15, -0.1) is 0 Å². The average molecular weight is 359 g/mol. The number of nitrogens with one attached hydrogen (secondary N) is 2. The van der Waals surface area contributed by atoms with Gasteiger partial charge in [0.2, 0.25) is 0 Å². The molecule has 2 atom stereocenters. The molecular formula is C20H34N6. The first kappa shape index (κ1) is 18.1. The third-order valence-corrected chi connectivity index (χ3v) is 6.54. The van der Waals surface area contributed by atoms with E-state index in [2.05, 4.69) is 15.5 Å². The summed E-state index contributed by atoms with van der Waals surface area (Å²) in [6.07, 6.45) is 10.6. The molecule has 144 valence electrons. The quantitative estimate of drug-likeness (QED) is 0.765. The lowest BCUT2D eigenvalue weighted by Crippen LogP contribution is -2.56. The van der Waals surface area contributed by atoms with Crippen LogP contribution in [0.4, 0.5) is 5.82 Å². The van der Waals surface area contributed by atoms with E-state index in [1.807, 2.05) is 7.05 Å². The van der Waals surface area contributed by atoms with E-state index in [0.29, 0.717) is 0 Å². The number of likely N-dealkylation sites (N-methyl/N-ethyl adjacent to an activating group) is 1. The van der Waals surface area contributed by atoms with E-state index in [1.54, 1.807) is 0 Å². The molecule has 3 heterocycles. The fourth-order valence-electron chi connectivity index (χ4n) is 4.94. The first-order chi connectivity index (χ1) is 12.7. The highest BCUT2D eigenvalue weighted by atomic mass is 15.2. The number of hydrogen-bond acceptors (Lipinski definition) is 6. The van der Waals surface area contributed by atoms with Crippen LogP contribution in [0.25, 0.3) is 0 Å². The summed E-state index contributed by atoms with van der Waals surface area (Å²) < 4.78 is 0. The van der Waals surface area contributed by atoms with Gasteiger partial charge in [0.15, 0.2) is 5.82 Å². The highest BCUT2D eigenvalue weighted by Gasteiger charge is 2.41. The second kappa shape index (κ2) is 7.79. The van der Waals surface area contributed by atoms with Gasteiger partial charge in [-0.05, 0) is 32.7 Å². The van der Waals surface area contributed by atoms with Crippen LogP contribution in [0.15, 0.2) is 0 Å². The third-order valence-electron chi connectivity index (χ3n) is 6.54. The molecule has 3 aliphatic rings. The number of nitrogens with two attached hydrogens (primary N) is 1. The Labute approximate surface area is 157 Å². The van der Waals surface area contributed by atoms with Gasteiger partial charge in [-0.25, -0.2) is 9.97 Å². The fraction of sp³-hybridized carbons (Fsp3) is 0.800. The lowest BCUT2D eigenvalue weighted by atomic mass is 9.77. The van der Waals surface area contributed by atoms with Gasteiger partial charge in [0.25, 0.3) is 0 Å². The highest BCUT2D eigenvalue weighted by molar-refractivity contribution is 5.51. The number of aromatic nitrogens is 2. The van der Waals surface area contributed by atoms with E-state index in [4.69, 9.17) is 15.7 Å². The van der Waals surface area contributed by atoms with Crippen molar-refractivity contribution in [2.45, 2.75) is 75.9 Å². The Balaban J connectivity index is 1.76. The van der Waals surface area contributed by atoms with Crippen LogP contribution in [0.2, 0.25) is 0 Å². The molecule has 1 aromatic rings. The van der Waals surface area contributed by atoms with Crippen LogP contribution < -0.4 is 21.3 Å². The van der Waals surface area contributed by atoms with Gasteiger partial charge >= 0.3 is 0 Å². The van der Waals surface area contributed by atoms with Crippen LogP contribution in [0.1, 0.15) is 68.4 Å². The third kappa shape index (κ3) is 3.35. The molecule has 4 N–H and O–H groups in total. The summed E-state index contributed by atoms with van der Waals surface area (Å²) in [5.41, 5.74) is 9.05. The molecule has 0 radical (unpaired) electrons. The van der Waals surface area contributed by atoms with Gasteiger partial charge in [-0.3, -0.25) is 0 Å². The minimum atomic E-state index is -0.451. The Morgan fingerprint density at radius 1 is 1.12 bits per heavy atom. The van der Waals surface area contributed by atoms with Crippen molar-refractivity contribution in [1.82, 2.24) is 20.6 Å². The van der Waals surface area contributed by atoms with Gasteiger partial charge in [0.05, 0.1) is 11.2 Å². The summed E-state index contributed by atoms with van der Waals surface area (Å²) >= 11 is 0. The summed E-state index contributed by atoms with van der Waals surface area (Å²) in [6, 6.07) is 0.257. The number of hydrogen-bond donors (Lipinski definition) is 3. The number of fused-ring (bicyclic) bond motifs is 1. The molecule has 6 nitrogen and oxygen atoms in total. The molecule has 2 unspecified atom stereocenters. The fourth-order valence-corrected chi connectivity index (χ4v) is 4.94. The van der Waals surface area contributed by atoms with E-state index in [-0.39, 0.29) is 6.04 Å². The predicted molar refractivity (Wildman–Crippen MR) is 105 cm³/mol. The lowest BCUT2D eigenvalue weighted by Gasteiger charge is -2.41. The number of anilines is 1. The van der Waals surface area contributed by atoms with Gasteiger partial charge in [0, 0.05) is 44.2 Å². The normalized spacial score (nSPS) is 29.9. The second-order valence-corrected chi connectivity index (χ2v) is 8.25. The largest absolute Gasteiger partial charge is 0.356 e. The smallest absolute Gasteiger partial charge is 0.152 e. The van der Waals surface area contributed by atoms with E-state index >= 15 is 0 Å². The predicted octanol–water partition coefficient (Wildman–Crippen LogP) is 1.82. The Morgan fingerprint density at radius 2 is 1.92 bits per heavy atom. The zero-order chi connectivity index (χ0) is 18.0. The molecule has 6 heteroatoms. The zero-order valence-corrected chi connectivity index (χ0v) is 16.2. The molecule has 2 fully saturated rings. The van der Waals surface area contributed by atoms with Crippen LogP contribution in [0, 0.1) is 0 Å². The van der Waals surface area contributed by atoms with E-state index in [9.17, 15) is 0 Å². The molecule has 4 rings (SSSR count). The molecule has 1 saturated carbocycles. The molecule has 2 aliphatic heterocycles. The summed E-state index contributed by atoms with van der Waals surface area (Å²) in [4.78, 5) is 12.7. The monoisotopic (exact) mass is 358 g/mol. The van der Waals surface area contributed by atoms with Crippen molar-refractivity contribution >= 4 is 5.82 Å². The van der Waals surface area contributed by atoms with Crippen molar-refractivity contribution in [2.75, 3.05) is 31.6 Å². The second-order valence-electron chi connectivity index (χ2n) is 8.25. The maximum atomic E-state index is 6.98. The number of rotatable bonds is 3. The molecule has 26 heavy (non-hydrogen) atoms. The van der Waals surface area contributed by atoms with Crippen molar-refractivity contribution in [3.05, 3.63) is 17.1 Å². The topological polar surface area (TPSA) is 79.1 Å². The minimum Gasteiger partial charge on any atom is -0.356 e. The van der Waals surface area contributed by atoms with E-state index < -0.39 is 5.54 Å². The van der Waals surface area contributed by atoms with Crippen LogP contribution in [0.5, 0.6) is 0 Å². The summed E-state index contributed by atoms with van der Waals surface area (Å²) in [5.74, 6) is 2.03. The highest BCUT2D eigenvalue weighted by Crippen LogP contribution is 2.36. The molecule has 1 aromatic heterocycles.